The van der Waals surface area contributed by atoms with Crippen molar-refractivity contribution < 1.29 is 94.2 Å². The SMILES string of the molecule is C=C1CC[C@@H]2C(C)(CO)[C@H](O)CC[C@@]2(C)[C@@H]1C/C=C1/C(=O)OCC1O.C[C@@H]1O[C@@H](OC[C@H]2O[C@@H](Oc3c(-c4ccc(O)cc4)oc4cc(O)cc(O)c4c3=O)[C@H](O)[C@@H](O)[C@@H]2O)[C@H](O)[C@H](O)[C@H]1O. The molecule has 2 aromatic carbocycles. The first-order valence-corrected chi connectivity index (χ1v) is 22.1. The maximum absolute atomic E-state index is 13.5. The van der Waals surface area contributed by atoms with Crippen LogP contribution in [0.25, 0.3) is 22.3 Å². The molecule has 5 aliphatic rings. The van der Waals surface area contributed by atoms with Gasteiger partial charge in [-0.05, 0) is 80.5 Å². The van der Waals surface area contributed by atoms with Gasteiger partial charge in [-0.15, -0.1) is 0 Å². The third kappa shape index (κ3) is 9.55. The zero-order chi connectivity index (χ0) is 48.9. The molecule has 67 heavy (non-hydrogen) atoms. The Labute approximate surface area is 384 Å². The lowest BCUT2D eigenvalue weighted by molar-refractivity contribution is -0.318. The Morgan fingerprint density at radius 3 is 2.16 bits per heavy atom. The quantitative estimate of drug-likeness (QED) is 0.0792. The molecular weight excluding hydrogens is 884 g/mol. The Morgan fingerprint density at radius 2 is 1.51 bits per heavy atom. The first-order valence-electron chi connectivity index (χ1n) is 22.1. The van der Waals surface area contributed by atoms with Crippen LogP contribution in [0.2, 0.25) is 0 Å². The van der Waals surface area contributed by atoms with Gasteiger partial charge in [0.2, 0.25) is 17.5 Å². The highest BCUT2D eigenvalue weighted by Crippen LogP contribution is 2.61. The zero-order valence-electron chi connectivity index (χ0n) is 37.1. The molecule has 16 atom stereocenters. The lowest BCUT2D eigenvalue weighted by Gasteiger charge is -2.59. The van der Waals surface area contributed by atoms with Gasteiger partial charge in [0.05, 0.1) is 31.0 Å². The van der Waals surface area contributed by atoms with E-state index in [9.17, 15) is 70.9 Å². The molecular formula is C47H60O20. The van der Waals surface area contributed by atoms with Gasteiger partial charge in [0.1, 0.15) is 83.7 Å². The van der Waals surface area contributed by atoms with Gasteiger partial charge in [-0.3, -0.25) is 4.79 Å². The number of aliphatic hydroxyl groups is 9. The average molecular weight is 945 g/mol. The summed E-state index contributed by atoms with van der Waals surface area (Å²) in [4.78, 5) is 25.3. The van der Waals surface area contributed by atoms with Crippen LogP contribution in [0.3, 0.4) is 0 Å². The highest BCUT2D eigenvalue weighted by Gasteiger charge is 2.57. The number of esters is 1. The predicted octanol–water partition coefficient (Wildman–Crippen LogP) is 0.570. The van der Waals surface area contributed by atoms with Crippen LogP contribution in [0.5, 0.6) is 23.0 Å². The number of phenols is 3. The summed E-state index contributed by atoms with van der Waals surface area (Å²) in [6.45, 7) is 9.36. The number of hydrogen-bond acceptors (Lipinski definition) is 20. The van der Waals surface area contributed by atoms with Crippen molar-refractivity contribution in [3.8, 4) is 34.3 Å². The summed E-state index contributed by atoms with van der Waals surface area (Å²) in [6.07, 6.45) is -11.4. The first kappa shape index (κ1) is 50.2. The number of allylic oxidation sites excluding steroid dienone is 2. The summed E-state index contributed by atoms with van der Waals surface area (Å²) in [7, 11) is 0. The van der Waals surface area contributed by atoms with Crippen LogP contribution in [0.1, 0.15) is 52.9 Å². The molecule has 0 spiro atoms. The lowest BCUT2D eigenvalue weighted by atomic mass is 9.46. The minimum Gasteiger partial charge on any atom is -0.508 e. The van der Waals surface area contributed by atoms with Crippen LogP contribution < -0.4 is 10.2 Å². The molecule has 0 bridgehead atoms. The number of phenolic OH excluding ortho intramolecular Hbond substituents is 3. The number of aromatic hydroxyl groups is 3. The highest BCUT2D eigenvalue weighted by atomic mass is 16.7. The molecule has 20 heteroatoms. The molecule has 3 saturated heterocycles. The van der Waals surface area contributed by atoms with Gasteiger partial charge >= 0.3 is 5.97 Å². The second-order valence-corrected chi connectivity index (χ2v) is 18.7. The third-order valence-electron chi connectivity index (χ3n) is 14.4. The summed E-state index contributed by atoms with van der Waals surface area (Å²) >= 11 is 0. The molecule has 3 aromatic rings. The number of carbonyl (C=O) groups excluding carboxylic acids is 1. The minimum absolute atomic E-state index is 0.0280. The molecule has 1 aromatic heterocycles. The van der Waals surface area contributed by atoms with Crippen molar-refractivity contribution in [2.75, 3.05) is 19.8 Å². The Bertz CT molecular complexity index is 2370. The average Bonchev–Trinajstić information content (AvgIpc) is 3.61. The molecule has 368 valence electrons. The lowest BCUT2D eigenvalue weighted by Crippen LogP contribution is -2.61. The Morgan fingerprint density at radius 1 is 0.836 bits per heavy atom. The van der Waals surface area contributed by atoms with Crippen molar-refractivity contribution in [3.63, 3.8) is 0 Å². The van der Waals surface area contributed by atoms with E-state index >= 15 is 0 Å². The van der Waals surface area contributed by atoms with E-state index in [0.717, 1.165) is 37.0 Å². The van der Waals surface area contributed by atoms with Gasteiger partial charge in [-0.25, -0.2) is 4.79 Å². The third-order valence-corrected chi connectivity index (χ3v) is 14.4. The predicted molar refractivity (Wildman–Crippen MR) is 232 cm³/mol. The Balaban J connectivity index is 0.000000227. The fraction of sp³-hybridized carbons (Fsp3) is 0.574. The number of fused-ring (bicyclic) bond motifs is 2. The van der Waals surface area contributed by atoms with E-state index < -0.39 is 114 Å². The van der Waals surface area contributed by atoms with E-state index in [4.69, 9.17) is 28.1 Å². The summed E-state index contributed by atoms with van der Waals surface area (Å²) in [6, 6.07) is 7.33. The molecule has 0 radical (unpaired) electrons. The van der Waals surface area contributed by atoms with Gasteiger partial charge in [-0.2, -0.15) is 0 Å². The number of carbonyl (C=O) groups is 1. The number of rotatable bonds is 9. The van der Waals surface area contributed by atoms with Crippen LogP contribution in [-0.4, -0.2) is 161 Å². The van der Waals surface area contributed by atoms with Crippen LogP contribution >= 0.6 is 0 Å². The zero-order valence-corrected chi connectivity index (χ0v) is 37.1. The summed E-state index contributed by atoms with van der Waals surface area (Å²) in [5.74, 6) is -2.05. The van der Waals surface area contributed by atoms with Gasteiger partial charge < -0.3 is 89.4 Å². The van der Waals surface area contributed by atoms with Crippen molar-refractivity contribution in [2.24, 2.45) is 22.7 Å². The summed E-state index contributed by atoms with van der Waals surface area (Å²) < 4.78 is 32.8. The Hall–Kier alpha value is -4.68. The molecule has 12 N–H and O–H groups in total. The van der Waals surface area contributed by atoms with E-state index in [-0.39, 0.29) is 58.5 Å². The number of benzene rings is 2. The van der Waals surface area contributed by atoms with Crippen molar-refractivity contribution >= 4 is 16.9 Å². The fourth-order valence-corrected chi connectivity index (χ4v) is 10.4. The highest BCUT2D eigenvalue weighted by molar-refractivity contribution is 5.91. The van der Waals surface area contributed by atoms with Gasteiger partial charge in [0.15, 0.2) is 12.1 Å². The topological polar surface area (TPSA) is 336 Å². The molecule has 20 nitrogen and oxygen atoms in total. The van der Waals surface area contributed by atoms with E-state index in [2.05, 4.69) is 13.5 Å². The molecule has 0 amide bonds. The van der Waals surface area contributed by atoms with Crippen molar-refractivity contribution in [1.29, 1.82) is 0 Å². The first-order chi connectivity index (χ1) is 31.6. The molecule has 4 heterocycles. The molecule has 2 unspecified atom stereocenters. The van der Waals surface area contributed by atoms with Gasteiger partial charge in [-0.1, -0.05) is 32.1 Å². The monoisotopic (exact) mass is 944 g/mol. The fourth-order valence-electron chi connectivity index (χ4n) is 10.4. The summed E-state index contributed by atoms with van der Waals surface area (Å²) in [5.41, 5.74) is -0.0451. The number of cyclic esters (lactones) is 1. The molecule has 2 saturated carbocycles. The maximum Gasteiger partial charge on any atom is 0.336 e. The van der Waals surface area contributed by atoms with Gasteiger partial charge in [0, 0.05) is 23.1 Å². The van der Waals surface area contributed by atoms with Crippen LogP contribution in [-0.2, 0) is 23.7 Å². The van der Waals surface area contributed by atoms with E-state index in [1.54, 1.807) is 0 Å². The van der Waals surface area contributed by atoms with Crippen molar-refractivity contribution in [3.05, 3.63) is 70.4 Å². The molecule has 3 aliphatic heterocycles. The number of aliphatic hydroxyl groups excluding tert-OH is 9. The van der Waals surface area contributed by atoms with Crippen LogP contribution in [0, 0.1) is 22.7 Å². The second-order valence-electron chi connectivity index (χ2n) is 18.7. The molecule has 8 rings (SSSR count). The largest absolute Gasteiger partial charge is 0.508 e. The van der Waals surface area contributed by atoms with Crippen LogP contribution in [0.4, 0.5) is 0 Å². The standard InChI is InChI=1S/C27H30O15.C20H30O5/c1-9-17(31)20(34)22(36)26(39-9)38-8-15-18(32)21(35)23(37)27(41-15)42-25-19(33)16-13(30)6-12(29)7-14(16)40-24(25)10-2-4-11(28)5-3-10;1-12-4-7-16-19(2,9-8-17(23)20(16,3)11-21)14(12)6-5-13-15(22)10-25-18(13)24/h2-7,9,15,17-18,20-23,26-32,34-37H,8H2,1H3;5,14-17,21-23H,1,4,6-11H2,2-3H3/b;13-5+/t9-,15+,17-,18+,20+,21-,22+,23+,26+,27-;14-,15?,16+,17-,19+,20?/m01/s1. The van der Waals surface area contributed by atoms with Crippen molar-refractivity contribution in [1.82, 2.24) is 0 Å². The van der Waals surface area contributed by atoms with Gasteiger partial charge in [0.25, 0.3) is 0 Å². The van der Waals surface area contributed by atoms with Crippen molar-refractivity contribution in [2.45, 2.75) is 126 Å². The van der Waals surface area contributed by atoms with E-state index in [0.29, 0.717) is 18.4 Å². The normalized spacial score (nSPS) is 38.2. The number of hydrogen-bond donors (Lipinski definition) is 12. The Kier molecular flexibility index (Phi) is 14.8. The summed E-state index contributed by atoms with van der Waals surface area (Å²) in [5, 5.41) is 122. The maximum atomic E-state index is 13.5. The number of ether oxygens (including phenoxy) is 5. The smallest absolute Gasteiger partial charge is 0.336 e. The minimum atomic E-state index is -1.92. The van der Waals surface area contributed by atoms with E-state index in [1.165, 1.54) is 31.2 Å². The second kappa shape index (κ2) is 19.7. The molecule has 5 fully saturated rings. The molecule has 2 aliphatic carbocycles. The van der Waals surface area contributed by atoms with E-state index in [1.807, 2.05) is 13.0 Å². The van der Waals surface area contributed by atoms with Crippen LogP contribution in [0.15, 0.2) is 69.4 Å².